The zero-order valence-electron chi connectivity index (χ0n) is 11.1. The predicted octanol–water partition coefficient (Wildman–Crippen LogP) is 0.267. The summed E-state index contributed by atoms with van der Waals surface area (Å²) in [5.74, 6) is -1.38. The number of hydrogen-bond donors (Lipinski definition) is 1. The molecule has 0 bridgehead atoms. The first kappa shape index (κ1) is 13.2. The lowest BCUT2D eigenvalue weighted by atomic mass is 9.98. The van der Waals surface area contributed by atoms with Gasteiger partial charge in [0.15, 0.2) is 0 Å². The molecule has 1 saturated heterocycles. The van der Waals surface area contributed by atoms with Gasteiger partial charge in [-0.1, -0.05) is 6.07 Å². The Bertz CT molecular complexity index is 566. The van der Waals surface area contributed by atoms with Crippen LogP contribution in [0.2, 0.25) is 0 Å². The molecule has 1 aliphatic heterocycles. The molecule has 0 spiro atoms. The van der Waals surface area contributed by atoms with Crippen LogP contribution in [0.25, 0.3) is 0 Å². The van der Waals surface area contributed by atoms with Crippen LogP contribution in [-0.2, 0) is 9.59 Å². The van der Waals surface area contributed by atoms with E-state index in [0.29, 0.717) is 5.69 Å². The summed E-state index contributed by atoms with van der Waals surface area (Å²) in [5.41, 5.74) is -0.136. The molecule has 0 aromatic carbocycles. The van der Waals surface area contributed by atoms with Gasteiger partial charge in [0, 0.05) is 5.69 Å². The first-order valence-corrected chi connectivity index (χ1v) is 5.92. The Balaban J connectivity index is 2.36. The number of carbonyl (C=O) groups excluding carboxylic acids is 3. The Morgan fingerprint density at radius 2 is 2.05 bits per heavy atom. The number of piperazine rings is 1. The standard InChI is InChI=1S/C13H15N3O3/c1-8-5-4-6-9(14-8)11(18)16-7-10(17)15-12(19)13(16,2)3/h4-6H,7H2,1-3H3,(H,15,17,19). The van der Waals surface area contributed by atoms with Crippen molar-refractivity contribution in [3.8, 4) is 0 Å². The summed E-state index contributed by atoms with van der Waals surface area (Å²) in [6, 6.07) is 5.06. The minimum Gasteiger partial charge on any atom is -0.314 e. The lowest BCUT2D eigenvalue weighted by Crippen LogP contribution is -2.65. The van der Waals surface area contributed by atoms with Gasteiger partial charge in [0.05, 0.1) is 0 Å². The summed E-state index contributed by atoms with van der Waals surface area (Å²) >= 11 is 0. The lowest BCUT2D eigenvalue weighted by Gasteiger charge is -2.39. The molecule has 0 aliphatic carbocycles. The van der Waals surface area contributed by atoms with E-state index in [1.54, 1.807) is 39.0 Å². The van der Waals surface area contributed by atoms with Crippen LogP contribution in [-0.4, -0.2) is 39.7 Å². The Morgan fingerprint density at radius 3 is 2.68 bits per heavy atom. The van der Waals surface area contributed by atoms with Gasteiger partial charge in [0.2, 0.25) is 5.91 Å². The third-order valence-corrected chi connectivity index (χ3v) is 3.14. The van der Waals surface area contributed by atoms with E-state index in [0.717, 1.165) is 0 Å². The summed E-state index contributed by atoms with van der Waals surface area (Å²) in [4.78, 5) is 41.0. The summed E-state index contributed by atoms with van der Waals surface area (Å²) < 4.78 is 0. The highest BCUT2D eigenvalue weighted by atomic mass is 16.2. The number of aryl methyl sites for hydroxylation is 1. The maximum atomic E-state index is 12.4. The van der Waals surface area contributed by atoms with Gasteiger partial charge in [-0.3, -0.25) is 19.7 Å². The molecule has 3 amide bonds. The molecule has 0 saturated carbocycles. The number of rotatable bonds is 1. The number of nitrogens with one attached hydrogen (secondary N) is 1. The molecule has 0 atom stereocenters. The number of carbonyl (C=O) groups is 3. The predicted molar refractivity (Wildman–Crippen MR) is 67.2 cm³/mol. The van der Waals surface area contributed by atoms with Gasteiger partial charge >= 0.3 is 0 Å². The summed E-state index contributed by atoms with van der Waals surface area (Å²) in [7, 11) is 0. The van der Waals surface area contributed by atoms with Gasteiger partial charge in [-0.2, -0.15) is 0 Å². The number of nitrogens with zero attached hydrogens (tertiary/aromatic N) is 2. The van der Waals surface area contributed by atoms with Gasteiger partial charge in [-0.05, 0) is 32.9 Å². The molecule has 1 aromatic rings. The number of hydrogen-bond acceptors (Lipinski definition) is 4. The Morgan fingerprint density at radius 1 is 1.37 bits per heavy atom. The number of amides is 3. The summed E-state index contributed by atoms with van der Waals surface area (Å²) in [6.07, 6.45) is 0. The third-order valence-electron chi connectivity index (χ3n) is 3.14. The van der Waals surface area contributed by atoms with E-state index in [9.17, 15) is 14.4 Å². The van der Waals surface area contributed by atoms with Crippen LogP contribution in [0.3, 0.4) is 0 Å². The van der Waals surface area contributed by atoms with Crippen molar-refractivity contribution in [2.45, 2.75) is 26.3 Å². The van der Waals surface area contributed by atoms with Crippen LogP contribution < -0.4 is 5.32 Å². The molecule has 0 unspecified atom stereocenters. The van der Waals surface area contributed by atoms with Gasteiger partial charge in [-0.25, -0.2) is 4.98 Å². The topological polar surface area (TPSA) is 79.4 Å². The maximum Gasteiger partial charge on any atom is 0.273 e. The molecule has 1 N–H and O–H groups in total. The fraction of sp³-hybridized carbons (Fsp3) is 0.385. The van der Waals surface area contributed by atoms with Gasteiger partial charge in [-0.15, -0.1) is 0 Å². The van der Waals surface area contributed by atoms with E-state index in [1.807, 2.05) is 0 Å². The molecule has 2 rings (SSSR count). The van der Waals surface area contributed by atoms with Crippen LogP contribution >= 0.6 is 0 Å². The fourth-order valence-corrected chi connectivity index (χ4v) is 1.91. The molecule has 2 heterocycles. The number of pyridine rings is 1. The molecule has 1 aromatic heterocycles. The van der Waals surface area contributed by atoms with Crippen molar-refractivity contribution in [3.63, 3.8) is 0 Å². The van der Waals surface area contributed by atoms with Gasteiger partial charge < -0.3 is 4.90 Å². The zero-order valence-corrected chi connectivity index (χ0v) is 11.1. The smallest absolute Gasteiger partial charge is 0.273 e. The largest absolute Gasteiger partial charge is 0.314 e. The van der Waals surface area contributed by atoms with Crippen LogP contribution in [0.4, 0.5) is 0 Å². The Kier molecular flexibility index (Phi) is 3.09. The third kappa shape index (κ3) is 2.33. The highest BCUT2D eigenvalue weighted by molar-refractivity contribution is 6.08. The van der Waals surface area contributed by atoms with E-state index in [1.165, 1.54) is 4.90 Å². The number of aromatic nitrogens is 1. The normalized spacial score (nSPS) is 18.2. The monoisotopic (exact) mass is 261 g/mol. The fourth-order valence-electron chi connectivity index (χ4n) is 1.91. The average Bonchev–Trinajstić information content (AvgIpc) is 2.33. The van der Waals surface area contributed by atoms with E-state index >= 15 is 0 Å². The average molecular weight is 261 g/mol. The highest BCUT2D eigenvalue weighted by Gasteiger charge is 2.44. The van der Waals surface area contributed by atoms with E-state index < -0.39 is 23.3 Å². The van der Waals surface area contributed by atoms with Crippen LogP contribution in [0.15, 0.2) is 18.2 Å². The molecule has 1 fully saturated rings. The maximum absolute atomic E-state index is 12.4. The molecular formula is C13H15N3O3. The second-order valence-corrected chi connectivity index (χ2v) is 4.99. The quantitative estimate of drug-likeness (QED) is 0.736. The van der Waals surface area contributed by atoms with Crippen molar-refractivity contribution in [2.75, 3.05) is 6.54 Å². The molecule has 1 aliphatic rings. The zero-order chi connectivity index (χ0) is 14.2. The second kappa shape index (κ2) is 4.46. The van der Waals surface area contributed by atoms with Crippen LogP contribution in [0.5, 0.6) is 0 Å². The summed E-state index contributed by atoms with van der Waals surface area (Å²) in [5, 5.41) is 2.23. The van der Waals surface area contributed by atoms with E-state index in [4.69, 9.17) is 0 Å². The number of imide groups is 1. The minimum absolute atomic E-state index is 0.146. The Labute approximate surface area is 110 Å². The summed E-state index contributed by atoms with van der Waals surface area (Å²) in [6.45, 7) is 4.83. The first-order chi connectivity index (χ1) is 8.82. The van der Waals surface area contributed by atoms with Crippen molar-refractivity contribution in [1.82, 2.24) is 15.2 Å². The van der Waals surface area contributed by atoms with Crippen molar-refractivity contribution in [2.24, 2.45) is 0 Å². The van der Waals surface area contributed by atoms with E-state index in [2.05, 4.69) is 10.3 Å². The van der Waals surface area contributed by atoms with Crippen molar-refractivity contribution < 1.29 is 14.4 Å². The van der Waals surface area contributed by atoms with Gasteiger partial charge in [0.1, 0.15) is 17.8 Å². The van der Waals surface area contributed by atoms with Crippen molar-refractivity contribution in [1.29, 1.82) is 0 Å². The minimum atomic E-state index is -1.07. The SMILES string of the molecule is Cc1cccc(C(=O)N2CC(=O)NC(=O)C2(C)C)n1. The highest BCUT2D eigenvalue weighted by Crippen LogP contribution is 2.20. The molecule has 6 heteroatoms. The lowest BCUT2D eigenvalue weighted by molar-refractivity contribution is -0.143. The van der Waals surface area contributed by atoms with Crippen molar-refractivity contribution in [3.05, 3.63) is 29.6 Å². The molecular weight excluding hydrogens is 246 g/mol. The Hall–Kier alpha value is -2.24. The van der Waals surface area contributed by atoms with Crippen LogP contribution in [0.1, 0.15) is 30.0 Å². The molecule has 100 valence electrons. The second-order valence-electron chi connectivity index (χ2n) is 4.99. The van der Waals surface area contributed by atoms with Crippen LogP contribution in [0, 0.1) is 6.92 Å². The van der Waals surface area contributed by atoms with Crippen molar-refractivity contribution >= 4 is 17.7 Å². The molecule has 6 nitrogen and oxygen atoms in total. The molecule has 0 radical (unpaired) electrons. The van der Waals surface area contributed by atoms with E-state index in [-0.39, 0.29) is 12.2 Å². The first-order valence-electron chi connectivity index (χ1n) is 5.92. The van der Waals surface area contributed by atoms with Gasteiger partial charge in [0.25, 0.3) is 11.8 Å². The molecule has 19 heavy (non-hydrogen) atoms.